The Morgan fingerprint density at radius 3 is 2.40 bits per heavy atom. The quantitative estimate of drug-likeness (QED) is 0.891. The average Bonchev–Trinajstić information content (AvgIpc) is 2.60. The highest BCUT2D eigenvalue weighted by molar-refractivity contribution is 7.86. The van der Waals surface area contributed by atoms with Crippen molar-refractivity contribution in [3.8, 4) is 0 Å². The first-order valence-electron chi connectivity index (χ1n) is 8.61. The van der Waals surface area contributed by atoms with Crippen LogP contribution in [0.15, 0.2) is 24.3 Å². The Labute approximate surface area is 149 Å². The molecule has 136 valence electrons. The molecule has 0 atom stereocenters. The summed E-state index contributed by atoms with van der Waals surface area (Å²) in [5, 5.41) is 0. The van der Waals surface area contributed by atoms with Crippen LogP contribution in [0.4, 0.5) is 0 Å². The second-order valence-electron chi connectivity index (χ2n) is 6.91. The van der Waals surface area contributed by atoms with Crippen molar-refractivity contribution in [2.45, 2.75) is 31.6 Å². The molecule has 0 radical (unpaired) electrons. The molecule has 2 aliphatic rings. The van der Waals surface area contributed by atoms with Crippen molar-refractivity contribution in [2.75, 3.05) is 27.2 Å². The van der Waals surface area contributed by atoms with Crippen LogP contribution < -0.4 is 5.73 Å². The molecule has 1 aliphatic heterocycles. The minimum absolute atomic E-state index is 0.0587. The number of likely N-dealkylation sites (N-methyl/N-ethyl adjacent to an activating group) is 2. The predicted octanol–water partition coefficient (Wildman–Crippen LogP) is 1.95. The number of amides is 1. The number of nitrogens with two attached hydrogens (primary N) is 1. The summed E-state index contributed by atoms with van der Waals surface area (Å²) < 4.78 is 27.0. The van der Waals surface area contributed by atoms with Gasteiger partial charge in [0.2, 0.25) is 5.91 Å². The van der Waals surface area contributed by atoms with Gasteiger partial charge in [0.1, 0.15) is 0 Å². The minimum atomic E-state index is -3.35. The van der Waals surface area contributed by atoms with Gasteiger partial charge in [0, 0.05) is 38.7 Å². The largest absolute Gasteiger partial charge is 0.366 e. The number of carbonyl (C=O) groups excluding carboxylic acids is 1. The van der Waals surface area contributed by atoms with E-state index in [4.69, 9.17) is 5.73 Å². The highest BCUT2D eigenvalue weighted by Gasteiger charge is 2.34. The van der Waals surface area contributed by atoms with Gasteiger partial charge in [-0.3, -0.25) is 4.79 Å². The summed E-state index contributed by atoms with van der Waals surface area (Å²) in [5.74, 6) is -0.364. The lowest BCUT2D eigenvalue weighted by Crippen LogP contribution is -2.49. The standard InChI is InChI=1S/C18H25N3O3S/c1-20-11-15(12-21(2)25(20,23)24)14-8-9-16(18(19)22)17(10-14)13-6-4-3-5-7-13/h6,8-10,15H,3-5,7,11-12H2,1-2H3,(H2,19,22). The lowest BCUT2D eigenvalue weighted by atomic mass is 9.87. The van der Waals surface area contributed by atoms with Crippen molar-refractivity contribution in [3.05, 3.63) is 41.0 Å². The van der Waals surface area contributed by atoms with Crippen molar-refractivity contribution >= 4 is 21.7 Å². The molecule has 1 saturated heterocycles. The molecule has 0 aromatic heterocycles. The number of rotatable bonds is 3. The molecule has 25 heavy (non-hydrogen) atoms. The smallest absolute Gasteiger partial charge is 0.281 e. The lowest BCUT2D eigenvalue weighted by molar-refractivity contribution is 0.1000. The van der Waals surface area contributed by atoms with Crippen LogP contribution in [0, 0.1) is 0 Å². The van der Waals surface area contributed by atoms with E-state index >= 15 is 0 Å². The number of nitrogens with zero attached hydrogens (tertiary/aromatic N) is 2. The Balaban J connectivity index is 1.98. The minimum Gasteiger partial charge on any atom is -0.366 e. The molecule has 2 N–H and O–H groups in total. The SMILES string of the molecule is CN1CC(c2ccc(C(N)=O)c(C3=CCCCC3)c2)CN(C)S1(=O)=O. The maximum Gasteiger partial charge on any atom is 0.281 e. The average molecular weight is 363 g/mol. The topological polar surface area (TPSA) is 83.7 Å². The Hall–Kier alpha value is -1.70. The fourth-order valence-corrected chi connectivity index (χ4v) is 4.91. The monoisotopic (exact) mass is 363 g/mol. The van der Waals surface area contributed by atoms with E-state index in [-0.39, 0.29) is 5.92 Å². The number of hydrogen-bond acceptors (Lipinski definition) is 3. The van der Waals surface area contributed by atoms with Crippen LogP contribution in [0.3, 0.4) is 0 Å². The second-order valence-corrected chi connectivity index (χ2v) is 9.05. The second kappa shape index (κ2) is 6.90. The van der Waals surface area contributed by atoms with Gasteiger partial charge < -0.3 is 5.73 Å². The van der Waals surface area contributed by atoms with Gasteiger partial charge in [0.15, 0.2) is 0 Å². The molecule has 3 rings (SSSR count). The van der Waals surface area contributed by atoms with Gasteiger partial charge in [-0.1, -0.05) is 18.2 Å². The summed E-state index contributed by atoms with van der Waals surface area (Å²) in [6.07, 6.45) is 6.44. The summed E-state index contributed by atoms with van der Waals surface area (Å²) in [6, 6.07) is 5.71. The van der Waals surface area contributed by atoms with E-state index in [1.54, 1.807) is 20.2 Å². The first-order chi connectivity index (χ1) is 11.8. The van der Waals surface area contributed by atoms with Crippen LogP contribution in [-0.2, 0) is 10.2 Å². The van der Waals surface area contributed by atoms with E-state index in [0.29, 0.717) is 18.7 Å². The van der Waals surface area contributed by atoms with E-state index in [9.17, 15) is 13.2 Å². The maximum atomic E-state index is 12.1. The van der Waals surface area contributed by atoms with Gasteiger partial charge in [0.25, 0.3) is 10.2 Å². The van der Waals surface area contributed by atoms with E-state index in [2.05, 4.69) is 6.08 Å². The van der Waals surface area contributed by atoms with Crippen LogP contribution in [-0.4, -0.2) is 50.1 Å². The Kier molecular flexibility index (Phi) is 4.99. The van der Waals surface area contributed by atoms with Gasteiger partial charge in [-0.15, -0.1) is 0 Å². The van der Waals surface area contributed by atoms with Gasteiger partial charge in [0.05, 0.1) is 0 Å². The number of primary amides is 1. The molecule has 1 amide bonds. The molecule has 0 bridgehead atoms. The number of allylic oxidation sites excluding steroid dienone is 2. The molecule has 6 nitrogen and oxygen atoms in total. The highest BCUT2D eigenvalue weighted by Crippen LogP contribution is 2.33. The van der Waals surface area contributed by atoms with Gasteiger partial charge in [-0.05, 0) is 48.4 Å². The zero-order valence-electron chi connectivity index (χ0n) is 14.7. The van der Waals surface area contributed by atoms with E-state index in [0.717, 1.165) is 30.4 Å². The first-order valence-corrected chi connectivity index (χ1v) is 10.0. The van der Waals surface area contributed by atoms with Crippen molar-refractivity contribution in [1.82, 2.24) is 8.61 Å². The molecular weight excluding hydrogens is 338 g/mol. The maximum absolute atomic E-state index is 12.1. The Morgan fingerprint density at radius 1 is 1.16 bits per heavy atom. The zero-order valence-corrected chi connectivity index (χ0v) is 15.6. The number of benzene rings is 1. The molecule has 7 heteroatoms. The van der Waals surface area contributed by atoms with Crippen LogP contribution in [0.5, 0.6) is 0 Å². The summed E-state index contributed by atoms with van der Waals surface area (Å²) in [7, 11) is -0.157. The lowest BCUT2D eigenvalue weighted by Gasteiger charge is -2.35. The van der Waals surface area contributed by atoms with Gasteiger partial charge in [-0.2, -0.15) is 17.0 Å². The predicted molar refractivity (Wildman–Crippen MR) is 98.3 cm³/mol. The van der Waals surface area contributed by atoms with Crippen molar-refractivity contribution in [1.29, 1.82) is 0 Å². The number of hydrogen-bond donors (Lipinski definition) is 1. The molecule has 1 aromatic carbocycles. The van der Waals surface area contributed by atoms with E-state index < -0.39 is 16.1 Å². The Bertz CT molecular complexity index is 799. The van der Waals surface area contributed by atoms with Crippen LogP contribution in [0.25, 0.3) is 5.57 Å². The molecule has 1 aromatic rings. The summed E-state index contributed by atoms with van der Waals surface area (Å²) >= 11 is 0. The summed E-state index contributed by atoms with van der Waals surface area (Å²) in [4.78, 5) is 11.8. The molecule has 0 spiro atoms. The van der Waals surface area contributed by atoms with Crippen molar-refractivity contribution in [3.63, 3.8) is 0 Å². The fourth-order valence-electron chi connectivity index (χ4n) is 3.69. The van der Waals surface area contributed by atoms with Crippen molar-refractivity contribution in [2.24, 2.45) is 5.73 Å². The molecular formula is C18H25N3O3S. The van der Waals surface area contributed by atoms with Gasteiger partial charge >= 0.3 is 0 Å². The molecule has 1 fully saturated rings. The normalized spacial score (nSPS) is 22.6. The van der Waals surface area contributed by atoms with Gasteiger partial charge in [-0.25, -0.2) is 0 Å². The highest BCUT2D eigenvalue weighted by atomic mass is 32.2. The van der Waals surface area contributed by atoms with Crippen LogP contribution in [0.1, 0.15) is 53.1 Å². The number of carbonyl (C=O) groups is 1. The van der Waals surface area contributed by atoms with Crippen molar-refractivity contribution < 1.29 is 13.2 Å². The fraction of sp³-hybridized carbons (Fsp3) is 0.500. The zero-order chi connectivity index (χ0) is 18.2. The van der Waals surface area contributed by atoms with Crippen LogP contribution in [0.2, 0.25) is 0 Å². The first kappa shape index (κ1) is 18.1. The summed E-state index contributed by atoms with van der Waals surface area (Å²) in [5.41, 5.74) is 9.23. The third kappa shape index (κ3) is 3.49. The Morgan fingerprint density at radius 2 is 1.84 bits per heavy atom. The summed E-state index contributed by atoms with van der Waals surface area (Å²) in [6.45, 7) is 0.863. The van der Waals surface area contributed by atoms with Crippen LogP contribution >= 0.6 is 0 Å². The molecule has 1 heterocycles. The van der Waals surface area contributed by atoms with E-state index in [1.807, 2.05) is 12.1 Å². The third-order valence-corrected chi connectivity index (χ3v) is 7.03. The third-order valence-electron chi connectivity index (χ3n) is 5.16. The molecule has 0 saturated carbocycles. The van der Waals surface area contributed by atoms with E-state index in [1.165, 1.54) is 20.6 Å². The molecule has 1 aliphatic carbocycles. The molecule has 0 unspecified atom stereocenters.